The van der Waals surface area contributed by atoms with Gasteiger partial charge in [0.05, 0.1) is 7.11 Å². The molecule has 1 aliphatic rings. The predicted molar refractivity (Wildman–Crippen MR) is 79.9 cm³/mol. The second-order valence-corrected chi connectivity index (χ2v) is 5.38. The minimum atomic E-state index is 0.755. The quantitative estimate of drug-likeness (QED) is 0.882. The largest absolute Gasteiger partial charge is 0.497 e. The molecule has 2 heteroatoms. The number of hydrogen-bond acceptors (Lipinski definition) is 2. The first-order valence-electron chi connectivity index (χ1n) is 7.10. The van der Waals surface area contributed by atoms with Crippen molar-refractivity contribution in [3.8, 4) is 5.75 Å². The molecule has 3 rings (SSSR count). The Labute approximate surface area is 114 Å². The van der Waals surface area contributed by atoms with Crippen molar-refractivity contribution in [2.24, 2.45) is 5.92 Å². The zero-order valence-electron chi connectivity index (χ0n) is 11.6. The van der Waals surface area contributed by atoms with Gasteiger partial charge in [-0.25, -0.2) is 0 Å². The SMILES string of the molecule is CCNCC1CC1c1ccc2cc(OC)ccc2c1. The van der Waals surface area contributed by atoms with Gasteiger partial charge < -0.3 is 10.1 Å². The Morgan fingerprint density at radius 3 is 2.74 bits per heavy atom. The molecular formula is C17H21NO. The number of benzene rings is 2. The fourth-order valence-corrected chi connectivity index (χ4v) is 2.81. The molecule has 1 aliphatic carbocycles. The lowest BCUT2D eigenvalue weighted by Crippen LogP contribution is -2.16. The summed E-state index contributed by atoms with van der Waals surface area (Å²) in [5.74, 6) is 2.51. The van der Waals surface area contributed by atoms with Crippen molar-refractivity contribution in [1.82, 2.24) is 5.32 Å². The molecule has 2 aromatic rings. The highest BCUT2D eigenvalue weighted by molar-refractivity contribution is 5.84. The molecule has 2 nitrogen and oxygen atoms in total. The molecule has 2 unspecified atom stereocenters. The molecule has 2 aromatic carbocycles. The molecule has 0 aliphatic heterocycles. The molecule has 0 saturated heterocycles. The fourth-order valence-electron chi connectivity index (χ4n) is 2.81. The van der Waals surface area contributed by atoms with E-state index in [0.29, 0.717) is 0 Å². The summed E-state index contributed by atoms with van der Waals surface area (Å²) < 4.78 is 5.27. The maximum absolute atomic E-state index is 5.27. The number of methoxy groups -OCH3 is 1. The van der Waals surface area contributed by atoms with E-state index in [-0.39, 0.29) is 0 Å². The van der Waals surface area contributed by atoms with Crippen LogP contribution in [0, 0.1) is 5.92 Å². The van der Waals surface area contributed by atoms with E-state index in [1.807, 2.05) is 6.07 Å². The maximum Gasteiger partial charge on any atom is 0.119 e. The van der Waals surface area contributed by atoms with E-state index in [1.54, 1.807) is 7.11 Å². The number of fused-ring (bicyclic) bond motifs is 1. The summed E-state index contributed by atoms with van der Waals surface area (Å²) >= 11 is 0. The van der Waals surface area contributed by atoms with Crippen LogP contribution in [0.5, 0.6) is 5.75 Å². The minimum absolute atomic E-state index is 0.755. The molecule has 0 spiro atoms. The first kappa shape index (κ1) is 12.5. The van der Waals surface area contributed by atoms with Gasteiger partial charge >= 0.3 is 0 Å². The molecule has 0 aromatic heterocycles. The van der Waals surface area contributed by atoms with E-state index in [4.69, 9.17) is 4.74 Å². The van der Waals surface area contributed by atoms with Crippen molar-refractivity contribution >= 4 is 10.8 Å². The van der Waals surface area contributed by atoms with Crippen LogP contribution in [0.3, 0.4) is 0 Å². The number of rotatable bonds is 5. The van der Waals surface area contributed by atoms with Gasteiger partial charge in [-0.05, 0) is 59.8 Å². The molecule has 0 bridgehead atoms. The topological polar surface area (TPSA) is 21.3 Å². The van der Waals surface area contributed by atoms with Crippen molar-refractivity contribution < 1.29 is 4.74 Å². The summed E-state index contributed by atoms with van der Waals surface area (Å²) in [5, 5.41) is 6.01. The highest BCUT2D eigenvalue weighted by atomic mass is 16.5. The zero-order chi connectivity index (χ0) is 13.2. The standard InChI is InChI=1S/C17H21NO/c1-3-18-11-15-10-17(15)14-5-4-13-9-16(19-2)7-6-12(13)8-14/h4-9,15,17-18H,3,10-11H2,1-2H3. The molecule has 0 amide bonds. The van der Waals surface area contributed by atoms with Crippen LogP contribution in [0.2, 0.25) is 0 Å². The summed E-state index contributed by atoms with van der Waals surface area (Å²) in [5.41, 5.74) is 1.49. The highest BCUT2D eigenvalue weighted by Gasteiger charge is 2.37. The van der Waals surface area contributed by atoms with Crippen molar-refractivity contribution in [2.45, 2.75) is 19.3 Å². The van der Waals surface area contributed by atoms with Gasteiger partial charge in [0, 0.05) is 0 Å². The third kappa shape index (κ3) is 2.59. The van der Waals surface area contributed by atoms with Gasteiger partial charge in [-0.1, -0.05) is 31.2 Å². The minimum Gasteiger partial charge on any atom is -0.497 e. The van der Waals surface area contributed by atoms with Crippen LogP contribution < -0.4 is 10.1 Å². The normalized spacial score (nSPS) is 21.6. The molecule has 1 saturated carbocycles. The van der Waals surface area contributed by atoms with Crippen molar-refractivity contribution in [2.75, 3.05) is 20.2 Å². The third-order valence-corrected chi connectivity index (χ3v) is 4.08. The van der Waals surface area contributed by atoms with E-state index in [1.165, 1.54) is 22.8 Å². The Kier molecular flexibility index (Phi) is 3.43. The van der Waals surface area contributed by atoms with Crippen molar-refractivity contribution in [3.63, 3.8) is 0 Å². The molecule has 19 heavy (non-hydrogen) atoms. The molecule has 2 atom stereocenters. The van der Waals surface area contributed by atoms with Crippen LogP contribution in [0.1, 0.15) is 24.8 Å². The van der Waals surface area contributed by atoms with E-state index in [0.717, 1.165) is 30.7 Å². The Balaban J connectivity index is 1.79. The zero-order valence-corrected chi connectivity index (χ0v) is 11.6. The molecule has 0 radical (unpaired) electrons. The van der Waals surface area contributed by atoms with Gasteiger partial charge in [0.25, 0.3) is 0 Å². The first-order valence-corrected chi connectivity index (χ1v) is 7.10. The van der Waals surface area contributed by atoms with Gasteiger partial charge in [-0.3, -0.25) is 0 Å². The number of hydrogen-bond donors (Lipinski definition) is 1. The van der Waals surface area contributed by atoms with Crippen LogP contribution in [-0.4, -0.2) is 20.2 Å². The Hall–Kier alpha value is -1.54. The third-order valence-electron chi connectivity index (χ3n) is 4.08. The highest BCUT2D eigenvalue weighted by Crippen LogP contribution is 2.47. The van der Waals surface area contributed by atoms with E-state index in [2.05, 4.69) is 42.6 Å². The van der Waals surface area contributed by atoms with Gasteiger partial charge in [0.1, 0.15) is 5.75 Å². The summed E-state index contributed by atoms with van der Waals surface area (Å²) in [6.45, 7) is 4.39. The fraction of sp³-hybridized carbons (Fsp3) is 0.412. The smallest absolute Gasteiger partial charge is 0.119 e. The summed E-state index contributed by atoms with van der Waals surface area (Å²) in [4.78, 5) is 0. The Bertz CT molecular complexity index is 578. The maximum atomic E-state index is 5.27. The Morgan fingerprint density at radius 1 is 1.16 bits per heavy atom. The molecule has 0 heterocycles. The lowest BCUT2D eigenvalue weighted by atomic mass is 10.0. The molecule has 100 valence electrons. The lowest BCUT2D eigenvalue weighted by Gasteiger charge is -2.06. The van der Waals surface area contributed by atoms with Crippen LogP contribution in [-0.2, 0) is 0 Å². The second-order valence-electron chi connectivity index (χ2n) is 5.38. The predicted octanol–water partition coefficient (Wildman–Crippen LogP) is 3.56. The van der Waals surface area contributed by atoms with Crippen LogP contribution >= 0.6 is 0 Å². The second kappa shape index (κ2) is 5.22. The van der Waals surface area contributed by atoms with Gasteiger partial charge in [-0.15, -0.1) is 0 Å². The molecule has 1 fully saturated rings. The van der Waals surface area contributed by atoms with Crippen LogP contribution in [0.15, 0.2) is 36.4 Å². The first-order chi connectivity index (χ1) is 9.31. The van der Waals surface area contributed by atoms with E-state index in [9.17, 15) is 0 Å². The Morgan fingerprint density at radius 2 is 1.95 bits per heavy atom. The number of ether oxygens (including phenoxy) is 1. The monoisotopic (exact) mass is 255 g/mol. The number of nitrogens with one attached hydrogen (secondary N) is 1. The molecule has 1 N–H and O–H groups in total. The van der Waals surface area contributed by atoms with Gasteiger partial charge in [0.2, 0.25) is 0 Å². The van der Waals surface area contributed by atoms with E-state index < -0.39 is 0 Å². The van der Waals surface area contributed by atoms with Crippen LogP contribution in [0.25, 0.3) is 10.8 Å². The van der Waals surface area contributed by atoms with Crippen molar-refractivity contribution in [3.05, 3.63) is 42.0 Å². The van der Waals surface area contributed by atoms with Gasteiger partial charge in [-0.2, -0.15) is 0 Å². The molecular weight excluding hydrogens is 234 g/mol. The van der Waals surface area contributed by atoms with E-state index >= 15 is 0 Å². The van der Waals surface area contributed by atoms with Crippen LogP contribution in [0.4, 0.5) is 0 Å². The lowest BCUT2D eigenvalue weighted by molar-refractivity contribution is 0.415. The summed E-state index contributed by atoms with van der Waals surface area (Å²) in [6, 6.07) is 13.1. The summed E-state index contributed by atoms with van der Waals surface area (Å²) in [6.07, 6.45) is 1.33. The average Bonchev–Trinajstić information content (AvgIpc) is 3.23. The van der Waals surface area contributed by atoms with Crippen molar-refractivity contribution in [1.29, 1.82) is 0 Å². The summed E-state index contributed by atoms with van der Waals surface area (Å²) in [7, 11) is 1.71. The average molecular weight is 255 g/mol. The van der Waals surface area contributed by atoms with Gasteiger partial charge in [0.15, 0.2) is 0 Å².